The van der Waals surface area contributed by atoms with Gasteiger partial charge in [-0.05, 0) is 86.0 Å². The molecule has 1 amide bonds. The molecule has 0 aliphatic heterocycles. The van der Waals surface area contributed by atoms with Crippen LogP contribution < -0.4 is 5.32 Å². The molecule has 172 valence electrons. The number of nitrogens with one attached hydrogen (secondary N) is 1. The summed E-state index contributed by atoms with van der Waals surface area (Å²) >= 11 is 1.42. The van der Waals surface area contributed by atoms with Crippen LogP contribution in [0.3, 0.4) is 0 Å². The van der Waals surface area contributed by atoms with Crippen molar-refractivity contribution in [2.24, 2.45) is 23.2 Å². The third-order valence-corrected chi connectivity index (χ3v) is 9.26. The first-order chi connectivity index (χ1) is 15.2. The van der Waals surface area contributed by atoms with Crippen LogP contribution in [0.5, 0.6) is 5.75 Å². The van der Waals surface area contributed by atoms with E-state index in [1.165, 1.54) is 16.9 Å². The van der Waals surface area contributed by atoms with Crippen molar-refractivity contribution in [1.29, 1.82) is 0 Å². The summed E-state index contributed by atoms with van der Waals surface area (Å²) in [6.45, 7) is 3.72. The maximum absolute atomic E-state index is 15.4. The SMILES string of the molecule is Cc1cnc(NC(=O)CCC2CC(F)(F)[C@@]3(C)CC[C@@H]4c5ccc(O)cc5CC[C@H]4[C@H]23)s1. The Morgan fingerprint density at radius 1 is 1.34 bits per heavy atom. The van der Waals surface area contributed by atoms with Gasteiger partial charge in [0.15, 0.2) is 5.13 Å². The molecule has 0 radical (unpaired) electrons. The van der Waals surface area contributed by atoms with Crippen LogP contribution in [0, 0.1) is 30.1 Å². The molecule has 1 aromatic heterocycles. The molecule has 5 rings (SSSR count). The molecule has 0 saturated heterocycles. The predicted molar refractivity (Wildman–Crippen MR) is 121 cm³/mol. The first kappa shape index (κ1) is 21.8. The molecule has 3 aliphatic carbocycles. The van der Waals surface area contributed by atoms with E-state index in [0.29, 0.717) is 18.0 Å². The number of aromatic hydroxyl groups is 1. The average Bonchev–Trinajstić information content (AvgIpc) is 3.23. The number of carbonyl (C=O) groups is 1. The average molecular weight is 461 g/mol. The Kier molecular flexibility index (Phi) is 5.31. The maximum atomic E-state index is 15.4. The topological polar surface area (TPSA) is 62.2 Å². The molecular formula is C25H30F2N2O2S. The second-order valence-corrected chi connectivity index (χ2v) is 11.4. The monoisotopic (exact) mass is 460 g/mol. The maximum Gasteiger partial charge on any atom is 0.253 e. The number of amides is 1. The van der Waals surface area contributed by atoms with Crippen molar-refractivity contribution in [2.45, 2.75) is 70.6 Å². The fourth-order valence-corrected chi connectivity index (χ4v) is 7.68. The van der Waals surface area contributed by atoms with Crippen LogP contribution in [0.15, 0.2) is 24.4 Å². The number of aryl methyl sites for hydroxylation is 2. The van der Waals surface area contributed by atoms with E-state index in [4.69, 9.17) is 0 Å². The summed E-state index contributed by atoms with van der Waals surface area (Å²) in [5, 5.41) is 13.3. The minimum Gasteiger partial charge on any atom is -0.508 e. The van der Waals surface area contributed by atoms with E-state index in [9.17, 15) is 9.90 Å². The Bertz CT molecular complexity index is 1040. The van der Waals surface area contributed by atoms with Crippen LogP contribution >= 0.6 is 11.3 Å². The Labute approximate surface area is 191 Å². The van der Waals surface area contributed by atoms with E-state index < -0.39 is 11.3 Å². The largest absolute Gasteiger partial charge is 0.508 e. The second kappa shape index (κ2) is 7.79. The van der Waals surface area contributed by atoms with E-state index in [1.54, 1.807) is 19.2 Å². The summed E-state index contributed by atoms with van der Waals surface area (Å²) in [6.07, 6.45) is 5.29. The van der Waals surface area contributed by atoms with Gasteiger partial charge in [0.25, 0.3) is 5.92 Å². The number of phenols is 1. The number of benzene rings is 1. The van der Waals surface area contributed by atoms with Crippen molar-refractivity contribution in [3.63, 3.8) is 0 Å². The Balaban J connectivity index is 1.36. The number of anilines is 1. The van der Waals surface area contributed by atoms with Gasteiger partial charge < -0.3 is 10.4 Å². The van der Waals surface area contributed by atoms with Crippen LogP contribution in [0.25, 0.3) is 0 Å². The highest BCUT2D eigenvalue weighted by Crippen LogP contribution is 2.68. The Morgan fingerprint density at radius 3 is 2.91 bits per heavy atom. The number of carbonyl (C=O) groups excluding carboxylic acids is 1. The van der Waals surface area contributed by atoms with Gasteiger partial charge in [-0.15, -0.1) is 11.3 Å². The first-order valence-corrected chi connectivity index (χ1v) is 12.4. The molecule has 0 bridgehead atoms. The molecule has 5 atom stereocenters. The van der Waals surface area contributed by atoms with Gasteiger partial charge in [0.05, 0.1) is 0 Å². The first-order valence-electron chi connectivity index (χ1n) is 11.6. The van der Waals surface area contributed by atoms with E-state index in [0.717, 1.165) is 29.7 Å². The Hall–Kier alpha value is -2.02. The number of nitrogens with zero attached hydrogens (tertiary/aromatic N) is 1. The molecule has 1 aromatic carbocycles. The molecule has 2 aromatic rings. The summed E-state index contributed by atoms with van der Waals surface area (Å²) in [5.41, 5.74) is 1.39. The lowest BCUT2D eigenvalue weighted by Gasteiger charge is -2.51. The van der Waals surface area contributed by atoms with E-state index >= 15 is 8.78 Å². The quantitative estimate of drug-likeness (QED) is 0.563. The highest BCUT2D eigenvalue weighted by Gasteiger charge is 2.67. The number of rotatable bonds is 4. The number of hydrogen-bond acceptors (Lipinski definition) is 4. The molecule has 1 heterocycles. The number of thiazole rings is 1. The van der Waals surface area contributed by atoms with Crippen molar-refractivity contribution in [3.8, 4) is 5.75 Å². The summed E-state index contributed by atoms with van der Waals surface area (Å²) in [5.74, 6) is -2.36. The van der Waals surface area contributed by atoms with Gasteiger partial charge in [-0.3, -0.25) is 4.79 Å². The van der Waals surface area contributed by atoms with Crippen LogP contribution in [0.2, 0.25) is 0 Å². The zero-order valence-corrected chi connectivity index (χ0v) is 19.4. The molecule has 4 nitrogen and oxygen atoms in total. The summed E-state index contributed by atoms with van der Waals surface area (Å²) in [7, 11) is 0. The molecule has 3 aliphatic rings. The minimum absolute atomic E-state index is 0.0897. The van der Waals surface area contributed by atoms with Crippen molar-refractivity contribution >= 4 is 22.4 Å². The molecule has 0 spiro atoms. The Morgan fingerprint density at radius 2 is 2.16 bits per heavy atom. The summed E-state index contributed by atoms with van der Waals surface area (Å²) < 4.78 is 30.7. The van der Waals surface area contributed by atoms with Crippen molar-refractivity contribution < 1.29 is 18.7 Å². The standard InChI is InChI=1S/C25H30F2N2O2S/c1-14-13-28-23(32-14)29-21(31)8-4-16-12-25(26,27)24(2)10-9-19-18-7-5-17(30)11-15(18)3-6-20(19)22(16)24/h5,7,11,13,16,19-20,22,30H,3-4,6,8-10,12H2,1-2H3,(H,28,29,31)/t16?,19-,20-,22+,24+/m1/s1. The van der Waals surface area contributed by atoms with Crippen LogP contribution in [-0.2, 0) is 11.2 Å². The van der Waals surface area contributed by atoms with Gasteiger partial charge in [-0.1, -0.05) is 13.0 Å². The zero-order valence-electron chi connectivity index (χ0n) is 18.5. The predicted octanol–water partition coefficient (Wildman–Crippen LogP) is 6.29. The molecule has 7 heteroatoms. The lowest BCUT2D eigenvalue weighted by atomic mass is 9.53. The zero-order chi connectivity index (χ0) is 22.7. The lowest BCUT2D eigenvalue weighted by molar-refractivity contribution is -0.133. The number of alkyl halides is 2. The number of phenolic OH excluding ortho intramolecular Hbond substituents is 1. The number of fused-ring (bicyclic) bond motifs is 5. The minimum atomic E-state index is -2.70. The van der Waals surface area contributed by atoms with Crippen molar-refractivity contribution in [2.75, 3.05) is 5.32 Å². The van der Waals surface area contributed by atoms with Crippen LogP contribution in [0.4, 0.5) is 13.9 Å². The van der Waals surface area contributed by atoms with Gasteiger partial charge in [0.2, 0.25) is 5.91 Å². The second-order valence-electron chi connectivity index (χ2n) is 10.2. The number of halogens is 2. The third-order valence-electron chi connectivity index (χ3n) is 8.43. The van der Waals surface area contributed by atoms with Crippen molar-refractivity contribution in [3.05, 3.63) is 40.4 Å². The van der Waals surface area contributed by atoms with Gasteiger partial charge in [0, 0.05) is 29.3 Å². The van der Waals surface area contributed by atoms with Gasteiger partial charge in [0.1, 0.15) is 5.75 Å². The number of aromatic nitrogens is 1. The summed E-state index contributed by atoms with van der Waals surface area (Å²) in [6, 6.07) is 5.56. The van der Waals surface area contributed by atoms with Crippen LogP contribution in [-0.4, -0.2) is 21.9 Å². The fourth-order valence-electron chi connectivity index (χ4n) is 7.00. The highest BCUT2D eigenvalue weighted by atomic mass is 32.1. The fraction of sp³-hybridized carbons (Fsp3) is 0.600. The highest BCUT2D eigenvalue weighted by molar-refractivity contribution is 7.15. The molecule has 2 saturated carbocycles. The van der Waals surface area contributed by atoms with E-state index in [2.05, 4.69) is 10.3 Å². The third kappa shape index (κ3) is 3.53. The van der Waals surface area contributed by atoms with Gasteiger partial charge in [-0.25, -0.2) is 13.8 Å². The normalized spacial score (nSPS) is 32.6. The van der Waals surface area contributed by atoms with Crippen molar-refractivity contribution in [1.82, 2.24) is 4.98 Å². The smallest absolute Gasteiger partial charge is 0.253 e. The lowest BCUT2D eigenvalue weighted by Crippen LogP contribution is -2.47. The molecule has 2 fully saturated rings. The molecule has 2 N–H and O–H groups in total. The van der Waals surface area contributed by atoms with E-state index in [-0.39, 0.29) is 48.2 Å². The molecule has 32 heavy (non-hydrogen) atoms. The molecular weight excluding hydrogens is 430 g/mol. The van der Waals surface area contributed by atoms with E-state index in [1.807, 2.05) is 19.1 Å². The van der Waals surface area contributed by atoms with Crippen LogP contribution in [0.1, 0.15) is 67.4 Å². The molecule has 1 unspecified atom stereocenters. The van der Waals surface area contributed by atoms with Gasteiger partial charge in [-0.2, -0.15) is 0 Å². The van der Waals surface area contributed by atoms with Gasteiger partial charge >= 0.3 is 0 Å². The number of hydrogen-bond donors (Lipinski definition) is 2. The summed E-state index contributed by atoms with van der Waals surface area (Å²) in [4.78, 5) is 17.7.